The van der Waals surface area contributed by atoms with Gasteiger partial charge in [0.15, 0.2) is 11.5 Å². The smallest absolute Gasteiger partial charge is 0.387 e. The van der Waals surface area contributed by atoms with Gasteiger partial charge < -0.3 is 19.2 Å². The summed E-state index contributed by atoms with van der Waals surface area (Å²) in [5, 5.41) is 3.09. The van der Waals surface area contributed by atoms with Crippen molar-refractivity contribution in [2.75, 3.05) is 5.32 Å². The monoisotopic (exact) mass is 445 g/mol. The minimum atomic E-state index is -3.18. The zero-order chi connectivity index (χ0) is 21.0. The van der Waals surface area contributed by atoms with Gasteiger partial charge in [0.25, 0.3) is 5.91 Å². The third-order valence-corrected chi connectivity index (χ3v) is 4.09. The summed E-state index contributed by atoms with van der Waals surface area (Å²) in [6.45, 7) is -3.20. The van der Waals surface area contributed by atoms with Crippen molar-refractivity contribution < 1.29 is 31.9 Å². The van der Waals surface area contributed by atoms with Crippen LogP contribution in [0.3, 0.4) is 0 Å². The summed E-state index contributed by atoms with van der Waals surface area (Å²) in [6.07, 6.45) is 0. The Kier molecular flexibility index (Phi) is 6.56. The van der Waals surface area contributed by atoms with Crippen LogP contribution >= 0.6 is 23.2 Å². The van der Waals surface area contributed by atoms with Gasteiger partial charge >= 0.3 is 6.61 Å². The van der Waals surface area contributed by atoms with E-state index >= 15 is 0 Å². The number of benzene rings is 2. The van der Waals surface area contributed by atoms with E-state index < -0.39 is 24.1 Å². The van der Waals surface area contributed by atoms with Crippen molar-refractivity contribution in [1.82, 2.24) is 0 Å². The molecule has 0 aliphatic rings. The van der Waals surface area contributed by atoms with E-state index in [9.17, 15) is 18.0 Å². The number of ether oxygens (including phenoxy) is 2. The summed E-state index contributed by atoms with van der Waals surface area (Å²) >= 11 is 11.8. The molecule has 0 bridgehead atoms. The minimum Gasteiger partial charge on any atom is -0.484 e. The van der Waals surface area contributed by atoms with Crippen molar-refractivity contribution in [3.63, 3.8) is 0 Å². The van der Waals surface area contributed by atoms with Gasteiger partial charge in [-0.15, -0.1) is 0 Å². The van der Waals surface area contributed by atoms with E-state index in [1.165, 1.54) is 18.2 Å². The molecule has 0 spiro atoms. The number of nitrogens with one attached hydrogen (secondary N) is 1. The van der Waals surface area contributed by atoms with E-state index in [1.807, 2.05) is 0 Å². The molecule has 5 nitrogen and oxygen atoms in total. The molecule has 0 saturated heterocycles. The largest absolute Gasteiger partial charge is 0.484 e. The second-order valence-corrected chi connectivity index (χ2v) is 6.45. The van der Waals surface area contributed by atoms with Gasteiger partial charge in [-0.05, 0) is 42.5 Å². The lowest BCUT2D eigenvalue weighted by Gasteiger charge is -2.11. The van der Waals surface area contributed by atoms with Crippen LogP contribution in [0.25, 0.3) is 0 Å². The molecule has 3 aromatic rings. The first-order valence-corrected chi connectivity index (χ1v) is 8.79. The molecule has 1 amide bonds. The quantitative estimate of drug-likeness (QED) is 0.473. The van der Waals surface area contributed by atoms with E-state index in [-0.39, 0.29) is 18.1 Å². The Morgan fingerprint density at radius 3 is 2.59 bits per heavy atom. The molecule has 29 heavy (non-hydrogen) atoms. The van der Waals surface area contributed by atoms with Crippen LogP contribution in [0.15, 0.2) is 52.9 Å². The molecule has 0 aliphatic carbocycles. The molecule has 10 heteroatoms. The van der Waals surface area contributed by atoms with E-state index in [0.29, 0.717) is 21.6 Å². The molecule has 0 aliphatic heterocycles. The SMILES string of the molecule is O=C(Nc1ccc(F)cc1OC(F)F)c1ccc(COc2ccc(Cl)cc2Cl)o1. The molecule has 3 rings (SSSR count). The number of rotatable bonds is 7. The standard InChI is InChI=1S/C19H12Cl2F3NO4/c20-10-1-5-15(13(21)7-10)27-9-12-3-6-16(28-12)18(26)25-14-4-2-11(22)8-17(14)29-19(23)24/h1-8,19H,9H2,(H,25,26). The van der Waals surface area contributed by atoms with Crippen molar-refractivity contribution in [2.24, 2.45) is 0 Å². The molecule has 0 unspecified atom stereocenters. The van der Waals surface area contributed by atoms with Gasteiger partial charge in [0, 0.05) is 11.1 Å². The maximum absolute atomic E-state index is 13.2. The molecular weight excluding hydrogens is 434 g/mol. The third-order valence-electron chi connectivity index (χ3n) is 3.56. The summed E-state index contributed by atoms with van der Waals surface area (Å²) in [6, 6.07) is 10.4. The Morgan fingerprint density at radius 1 is 1.07 bits per heavy atom. The molecule has 0 saturated carbocycles. The van der Waals surface area contributed by atoms with Crippen LogP contribution in [-0.2, 0) is 6.61 Å². The van der Waals surface area contributed by atoms with Crippen molar-refractivity contribution in [2.45, 2.75) is 13.2 Å². The highest BCUT2D eigenvalue weighted by atomic mass is 35.5. The predicted molar refractivity (Wildman–Crippen MR) is 100 cm³/mol. The predicted octanol–water partition coefficient (Wildman–Crippen LogP) is 6.16. The second kappa shape index (κ2) is 9.11. The number of alkyl halides is 2. The fraction of sp³-hybridized carbons (Fsp3) is 0.105. The first-order chi connectivity index (χ1) is 13.8. The average Bonchev–Trinajstić information content (AvgIpc) is 3.12. The van der Waals surface area contributed by atoms with Gasteiger partial charge in [0.05, 0.1) is 10.7 Å². The Balaban J connectivity index is 1.66. The van der Waals surface area contributed by atoms with Gasteiger partial charge in [0.2, 0.25) is 0 Å². The number of halogens is 5. The molecule has 0 radical (unpaired) electrons. The summed E-state index contributed by atoms with van der Waals surface area (Å²) in [5.41, 5.74) is -0.140. The molecule has 0 fully saturated rings. The number of hydrogen-bond donors (Lipinski definition) is 1. The fourth-order valence-electron chi connectivity index (χ4n) is 2.30. The molecule has 1 heterocycles. The van der Waals surface area contributed by atoms with Gasteiger partial charge in [-0.3, -0.25) is 4.79 Å². The minimum absolute atomic E-state index is 0.0229. The van der Waals surface area contributed by atoms with Crippen molar-refractivity contribution in [3.8, 4) is 11.5 Å². The van der Waals surface area contributed by atoms with Gasteiger partial charge in [-0.2, -0.15) is 8.78 Å². The van der Waals surface area contributed by atoms with E-state index in [4.69, 9.17) is 32.4 Å². The lowest BCUT2D eigenvalue weighted by molar-refractivity contribution is -0.0495. The highest BCUT2D eigenvalue weighted by molar-refractivity contribution is 6.35. The molecule has 1 aromatic heterocycles. The van der Waals surface area contributed by atoms with Gasteiger partial charge in [-0.1, -0.05) is 23.2 Å². The number of hydrogen-bond acceptors (Lipinski definition) is 4. The second-order valence-electron chi connectivity index (χ2n) is 5.60. The van der Waals surface area contributed by atoms with Crippen molar-refractivity contribution in [3.05, 3.63) is 75.9 Å². The topological polar surface area (TPSA) is 60.7 Å². The molecule has 152 valence electrons. The number of carbonyl (C=O) groups excluding carboxylic acids is 1. The Bertz CT molecular complexity index is 1030. The molecular formula is C19H12Cl2F3NO4. The lowest BCUT2D eigenvalue weighted by Crippen LogP contribution is -2.13. The maximum Gasteiger partial charge on any atom is 0.387 e. The third kappa shape index (κ3) is 5.58. The molecule has 0 atom stereocenters. The first kappa shape index (κ1) is 20.9. The summed E-state index contributed by atoms with van der Waals surface area (Å²) in [7, 11) is 0. The van der Waals surface area contributed by atoms with Crippen LogP contribution < -0.4 is 14.8 Å². The molecule has 1 N–H and O–H groups in total. The van der Waals surface area contributed by atoms with Crippen molar-refractivity contribution in [1.29, 1.82) is 0 Å². The highest BCUT2D eigenvalue weighted by Crippen LogP contribution is 2.29. The fourth-order valence-corrected chi connectivity index (χ4v) is 2.76. The Morgan fingerprint density at radius 2 is 1.86 bits per heavy atom. The lowest BCUT2D eigenvalue weighted by atomic mass is 10.2. The normalized spacial score (nSPS) is 10.8. The van der Waals surface area contributed by atoms with Gasteiger partial charge in [-0.25, -0.2) is 4.39 Å². The number of amides is 1. The van der Waals surface area contributed by atoms with E-state index in [1.54, 1.807) is 12.1 Å². The van der Waals surface area contributed by atoms with Crippen LogP contribution in [0, 0.1) is 5.82 Å². The van der Waals surface area contributed by atoms with Crippen LogP contribution in [0.5, 0.6) is 11.5 Å². The van der Waals surface area contributed by atoms with Crippen LogP contribution in [-0.4, -0.2) is 12.5 Å². The Hall–Kier alpha value is -2.84. The average molecular weight is 446 g/mol. The summed E-state index contributed by atoms with van der Waals surface area (Å²) in [4.78, 5) is 12.3. The number of carbonyl (C=O) groups is 1. The number of furan rings is 1. The zero-order valence-corrected chi connectivity index (χ0v) is 15.9. The van der Waals surface area contributed by atoms with E-state index in [2.05, 4.69) is 10.1 Å². The van der Waals surface area contributed by atoms with Crippen LogP contribution in [0.4, 0.5) is 18.9 Å². The van der Waals surface area contributed by atoms with Crippen LogP contribution in [0.1, 0.15) is 16.3 Å². The number of anilines is 1. The first-order valence-electron chi connectivity index (χ1n) is 8.04. The maximum atomic E-state index is 13.2. The molecule has 2 aromatic carbocycles. The zero-order valence-electron chi connectivity index (χ0n) is 14.4. The Labute approximate surface area is 172 Å². The van der Waals surface area contributed by atoms with E-state index in [0.717, 1.165) is 18.2 Å². The summed E-state index contributed by atoms with van der Waals surface area (Å²) in [5.74, 6) is -1.48. The van der Waals surface area contributed by atoms with Crippen LogP contribution in [0.2, 0.25) is 10.0 Å². The summed E-state index contributed by atoms with van der Waals surface area (Å²) < 4.78 is 53.3. The van der Waals surface area contributed by atoms with Gasteiger partial charge in [0.1, 0.15) is 23.9 Å². The highest BCUT2D eigenvalue weighted by Gasteiger charge is 2.17. The van der Waals surface area contributed by atoms with Crippen molar-refractivity contribution >= 4 is 34.8 Å².